The van der Waals surface area contributed by atoms with E-state index in [4.69, 9.17) is 9.47 Å². The maximum Gasteiger partial charge on any atom is 0.419 e. The fourth-order valence-corrected chi connectivity index (χ4v) is 2.59. The summed E-state index contributed by atoms with van der Waals surface area (Å²) >= 11 is 3.41. The highest BCUT2D eigenvalue weighted by Gasteiger charge is 2.23. The molecule has 0 bridgehead atoms. The van der Waals surface area contributed by atoms with E-state index in [1.807, 2.05) is 24.3 Å². The van der Waals surface area contributed by atoms with Gasteiger partial charge in [-0.15, -0.1) is 0 Å². The topological polar surface area (TPSA) is 57.5 Å². The Kier molecular flexibility index (Phi) is 5.14. The van der Waals surface area contributed by atoms with Gasteiger partial charge < -0.3 is 9.47 Å². The van der Waals surface area contributed by atoms with Crippen molar-refractivity contribution in [2.45, 2.75) is 39.7 Å². The van der Waals surface area contributed by atoms with Crippen LogP contribution in [0.1, 0.15) is 33.4 Å². The van der Waals surface area contributed by atoms with E-state index in [1.54, 1.807) is 27.7 Å². The first kappa shape index (κ1) is 17.5. The minimum Gasteiger partial charge on any atom is -0.466 e. The van der Waals surface area contributed by atoms with E-state index in [0.717, 1.165) is 9.86 Å². The van der Waals surface area contributed by atoms with Crippen LogP contribution in [0.4, 0.5) is 4.79 Å². The van der Waals surface area contributed by atoms with Crippen molar-refractivity contribution in [2.24, 2.45) is 0 Å². The smallest absolute Gasteiger partial charge is 0.419 e. The van der Waals surface area contributed by atoms with E-state index in [0.29, 0.717) is 17.8 Å². The molecule has 1 aromatic carbocycles. The van der Waals surface area contributed by atoms with E-state index >= 15 is 0 Å². The highest BCUT2D eigenvalue weighted by molar-refractivity contribution is 9.10. The third-order valence-electron chi connectivity index (χ3n) is 3.05. The lowest BCUT2D eigenvalue weighted by atomic mass is 10.2. The number of carbonyl (C=O) groups is 2. The molecule has 0 aliphatic rings. The van der Waals surface area contributed by atoms with Crippen LogP contribution in [0.15, 0.2) is 28.7 Å². The number of hydrogen-bond donors (Lipinski definition) is 0. The quantitative estimate of drug-likeness (QED) is 0.743. The molecule has 0 spiro atoms. The number of fused-ring (bicyclic) bond motifs is 1. The Balaban J connectivity index is 2.50. The molecule has 0 unspecified atom stereocenters. The van der Waals surface area contributed by atoms with Gasteiger partial charge in [-0.2, -0.15) is 0 Å². The van der Waals surface area contributed by atoms with Crippen LogP contribution in [0.2, 0.25) is 0 Å². The zero-order chi connectivity index (χ0) is 17.2. The molecule has 1 heterocycles. The molecule has 6 heteroatoms. The van der Waals surface area contributed by atoms with Gasteiger partial charge in [-0.1, -0.05) is 22.0 Å². The highest BCUT2D eigenvalue weighted by Crippen LogP contribution is 2.25. The summed E-state index contributed by atoms with van der Waals surface area (Å²) < 4.78 is 12.7. The van der Waals surface area contributed by atoms with E-state index in [2.05, 4.69) is 15.9 Å². The Labute approximate surface area is 143 Å². The van der Waals surface area contributed by atoms with Crippen molar-refractivity contribution < 1.29 is 19.1 Å². The van der Waals surface area contributed by atoms with Crippen molar-refractivity contribution in [3.05, 3.63) is 34.4 Å². The summed E-state index contributed by atoms with van der Waals surface area (Å²) in [7, 11) is 0. The Morgan fingerprint density at radius 1 is 1.22 bits per heavy atom. The highest BCUT2D eigenvalue weighted by atomic mass is 79.9. The fourth-order valence-electron chi connectivity index (χ4n) is 2.24. The van der Waals surface area contributed by atoms with E-state index in [1.165, 1.54) is 4.57 Å². The molecule has 2 aromatic rings. The molecule has 0 amide bonds. The summed E-state index contributed by atoms with van der Waals surface area (Å²) in [5, 5.41) is 0.860. The summed E-state index contributed by atoms with van der Waals surface area (Å²) in [6, 6.07) is 7.40. The van der Waals surface area contributed by atoms with Gasteiger partial charge in [0.1, 0.15) is 5.60 Å². The predicted molar refractivity (Wildman–Crippen MR) is 91.6 cm³/mol. The molecular formula is C17H20BrNO4. The van der Waals surface area contributed by atoms with Crippen molar-refractivity contribution >= 4 is 38.9 Å². The van der Waals surface area contributed by atoms with Gasteiger partial charge in [0, 0.05) is 15.6 Å². The number of benzene rings is 1. The second-order valence-corrected chi connectivity index (χ2v) is 7.05. The van der Waals surface area contributed by atoms with Crippen LogP contribution < -0.4 is 0 Å². The molecule has 2 rings (SSSR count). The first-order valence-electron chi connectivity index (χ1n) is 7.40. The number of esters is 1. The van der Waals surface area contributed by atoms with Crippen LogP contribution in [0.5, 0.6) is 0 Å². The summed E-state index contributed by atoms with van der Waals surface area (Å²) in [6.07, 6.45) is -0.496. The lowest BCUT2D eigenvalue weighted by molar-refractivity contribution is -0.142. The fraction of sp³-hybridized carbons (Fsp3) is 0.412. The van der Waals surface area contributed by atoms with E-state index in [-0.39, 0.29) is 12.4 Å². The average molecular weight is 382 g/mol. The maximum atomic E-state index is 12.6. The van der Waals surface area contributed by atoms with Crippen LogP contribution >= 0.6 is 15.9 Å². The number of aromatic nitrogens is 1. The number of hydrogen-bond acceptors (Lipinski definition) is 4. The molecule has 1 aromatic heterocycles. The largest absolute Gasteiger partial charge is 0.466 e. The molecule has 0 fully saturated rings. The Morgan fingerprint density at radius 3 is 2.52 bits per heavy atom. The van der Waals surface area contributed by atoms with Crippen molar-refractivity contribution in [3.8, 4) is 0 Å². The summed E-state index contributed by atoms with van der Waals surface area (Å²) in [4.78, 5) is 24.4. The number of rotatable bonds is 3. The van der Waals surface area contributed by atoms with Gasteiger partial charge in [-0.3, -0.25) is 4.79 Å². The van der Waals surface area contributed by atoms with Gasteiger partial charge >= 0.3 is 12.1 Å². The van der Waals surface area contributed by atoms with Crippen LogP contribution in [0.25, 0.3) is 10.9 Å². The third-order valence-corrected chi connectivity index (χ3v) is 3.54. The Hall–Kier alpha value is -1.82. The third kappa shape index (κ3) is 4.34. The van der Waals surface area contributed by atoms with Gasteiger partial charge in [-0.25, -0.2) is 9.36 Å². The first-order valence-corrected chi connectivity index (χ1v) is 8.19. The van der Waals surface area contributed by atoms with Crippen LogP contribution in [0, 0.1) is 0 Å². The Morgan fingerprint density at radius 2 is 1.91 bits per heavy atom. The molecule has 124 valence electrons. The zero-order valence-corrected chi connectivity index (χ0v) is 15.3. The maximum absolute atomic E-state index is 12.6. The van der Waals surface area contributed by atoms with E-state index < -0.39 is 11.7 Å². The molecule has 0 saturated heterocycles. The summed E-state index contributed by atoms with van der Waals surface area (Å²) in [5.74, 6) is -0.376. The molecule has 0 N–H and O–H groups in total. The van der Waals surface area contributed by atoms with Gasteiger partial charge in [-0.05, 0) is 45.9 Å². The number of ether oxygens (including phenoxy) is 2. The normalized spacial score (nSPS) is 11.5. The van der Waals surface area contributed by atoms with Crippen LogP contribution in [-0.2, 0) is 20.7 Å². The number of carbonyl (C=O) groups excluding carboxylic acids is 2. The van der Waals surface area contributed by atoms with Gasteiger partial charge in [0.2, 0.25) is 0 Å². The summed E-state index contributed by atoms with van der Waals surface area (Å²) in [6.45, 7) is 7.46. The molecule has 0 aliphatic heterocycles. The standard InChI is InChI=1S/C17H20BrNO4/c1-5-22-15(20)10-13-8-11-6-7-12(18)9-14(11)19(13)16(21)23-17(2,3)4/h6-9H,5,10H2,1-4H3. The lowest BCUT2D eigenvalue weighted by Gasteiger charge is -2.21. The van der Waals surface area contributed by atoms with E-state index in [9.17, 15) is 9.59 Å². The molecule has 0 aliphatic carbocycles. The van der Waals surface area contributed by atoms with Gasteiger partial charge in [0.25, 0.3) is 0 Å². The van der Waals surface area contributed by atoms with Crippen molar-refractivity contribution in [1.29, 1.82) is 0 Å². The number of halogens is 1. The average Bonchev–Trinajstić information content (AvgIpc) is 2.73. The zero-order valence-electron chi connectivity index (χ0n) is 13.7. The summed E-state index contributed by atoms with van der Waals surface area (Å²) in [5.41, 5.74) is 0.611. The molecule has 0 atom stereocenters. The lowest BCUT2D eigenvalue weighted by Crippen LogP contribution is -2.28. The van der Waals surface area contributed by atoms with Gasteiger partial charge in [0.05, 0.1) is 18.5 Å². The second kappa shape index (κ2) is 6.74. The van der Waals surface area contributed by atoms with Crippen LogP contribution in [0.3, 0.4) is 0 Å². The second-order valence-electron chi connectivity index (χ2n) is 6.14. The SMILES string of the molecule is CCOC(=O)Cc1cc2ccc(Br)cc2n1C(=O)OC(C)(C)C. The minimum atomic E-state index is -0.624. The monoisotopic (exact) mass is 381 g/mol. The van der Waals surface area contributed by atoms with Crippen molar-refractivity contribution in [2.75, 3.05) is 6.61 Å². The minimum absolute atomic E-state index is 0.0133. The first-order chi connectivity index (χ1) is 10.7. The molecule has 5 nitrogen and oxygen atoms in total. The molecule has 23 heavy (non-hydrogen) atoms. The van der Waals surface area contributed by atoms with Gasteiger partial charge in [0.15, 0.2) is 0 Å². The Bertz CT molecular complexity index is 743. The molecule has 0 radical (unpaired) electrons. The van der Waals surface area contributed by atoms with Crippen molar-refractivity contribution in [3.63, 3.8) is 0 Å². The van der Waals surface area contributed by atoms with Crippen molar-refractivity contribution in [1.82, 2.24) is 4.57 Å². The predicted octanol–water partition coefficient (Wildman–Crippen LogP) is 4.29. The van der Waals surface area contributed by atoms with Crippen LogP contribution in [-0.4, -0.2) is 28.8 Å². The molecule has 0 saturated carbocycles. The molecular weight excluding hydrogens is 362 g/mol. The number of nitrogens with zero attached hydrogens (tertiary/aromatic N) is 1.